The van der Waals surface area contributed by atoms with Crippen LogP contribution in [0.25, 0.3) is 0 Å². The second-order valence-corrected chi connectivity index (χ2v) is 6.00. The fraction of sp³-hybridized carbons (Fsp3) is 0.647. The first-order valence-electron chi connectivity index (χ1n) is 7.57. The van der Waals surface area contributed by atoms with Gasteiger partial charge in [-0.2, -0.15) is 0 Å². The SMILES string of the molecule is Cc1ccc(CCCNC(C)CNCC(C)C)cc1. The molecule has 0 saturated heterocycles. The third-order valence-electron chi connectivity index (χ3n) is 3.26. The molecule has 108 valence electrons. The highest BCUT2D eigenvalue weighted by molar-refractivity contribution is 5.21. The maximum absolute atomic E-state index is 3.58. The molecule has 1 aromatic rings. The van der Waals surface area contributed by atoms with Gasteiger partial charge in [0.2, 0.25) is 0 Å². The van der Waals surface area contributed by atoms with Gasteiger partial charge < -0.3 is 10.6 Å². The highest BCUT2D eigenvalue weighted by atomic mass is 15.0. The Morgan fingerprint density at radius 2 is 1.68 bits per heavy atom. The summed E-state index contributed by atoms with van der Waals surface area (Å²) in [5, 5.41) is 7.06. The Bertz CT molecular complexity index is 330. The third kappa shape index (κ3) is 8.02. The first-order chi connectivity index (χ1) is 9.08. The molecule has 0 fully saturated rings. The number of hydrogen-bond donors (Lipinski definition) is 2. The average Bonchev–Trinajstić information content (AvgIpc) is 2.36. The fourth-order valence-corrected chi connectivity index (χ4v) is 2.06. The summed E-state index contributed by atoms with van der Waals surface area (Å²) >= 11 is 0. The third-order valence-corrected chi connectivity index (χ3v) is 3.26. The summed E-state index contributed by atoms with van der Waals surface area (Å²) in [5.74, 6) is 0.730. The van der Waals surface area contributed by atoms with Crippen LogP contribution in [0.1, 0.15) is 38.3 Å². The van der Waals surface area contributed by atoms with Crippen LogP contribution in [0.15, 0.2) is 24.3 Å². The summed E-state index contributed by atoms with van der Waals surface area (Å²) < 4.78 is 0. The number of aryl methyl sites for hydroxylation is 2. The van der Waals surface area contributed by atoms with E-state index in [0.29, 0.717) is 6.04 Å². The van der Waals surface area contributed by atoms with Gasteiger partial charge in [-0.15, -0.1) is 0 Å². The van der Waals surface area contributed by atoms with E-state index in [2.05, 4.69) is 62.6 Å². The fourth-order valence-electron chi connectivity index (χ4n) is 2.06. The highest BCUT2D eigenvalue weighted by Gasteiger charge is 2.01. The van der Waals surface area contributed by atoms with Crippen LogP contribution in [0.4, 0.5) is 0 Å². The van der Waals surface area contributed by atoms with Crippen LogP contribution >= 0.6 is 0 Å². The maximum Gasteiger partial charge on any atom is 0.0164 e. The number of rotatable bonds is 9. The molecule has 1 aromatic carbocycles. The van der Waals surface area contributed by atoms with E-state index in [0.717, 1.165) is 25.6 Å². The summed E-state index contributed by atoms with van der Waals surface area (Å²) in [4.78, 5) is 0. The van der Waals surface area contributed by atoms with E-state index in [-0.39, 0.29) is 0 Å². The molecule has 0 bridgehead atoms. The molecule has 19 heavy (non-hydrogen) atoms. The van der Waals surface area contributed by atoms with Crippen molar-refractivity contribution >= 4 is 0 Å². The van der Waals surface area contributed by atoms with Gasteiger partial charge in [0, 0.05) is 12.6 Å². The minimum absolute atomic E-state index is 0.553. The van der Waals surface area contributed by atoms with Gasteiger partial charge in [-0.25, -0.2) is 0 Å². The van der Waals surface area contributed by atoms with Gasteiger partial charge in [0.1, 0.15) is 0 Å². The minimum atomic E-state index is 0.553. The van der Waals surface area contributed by atoms with E-state index in [1.807, 2.05) is 0 Å². The molecule has 2 heteroatoms. The van der Waals surface area contributed by atoms with Crippen LogP contribution < -0.4 is 10.6 Å². The van der Waals surface area contributed by atoms with Crippen molar-refractivity contribution in [3.05, 3.63) is 35.4 Å². The van der Waals surface area contributed by atoms with E-state index in [9.17, 15) is 0 Å². The lowest BCUT2D eigenvalue weighted by molar-refractivity contribution is 0.469. The van der Waals surface area contributed by atoms with E-state index >= 15 is 0 Å². The summed E-state index contributed by atoms with van der Waals surface area (Å²) in [5.41, 5.74) is 2.78. The molecule has 0 saturated carbocycles. The summed E-state index contributed by atoms with van der Waals surface area (Å²) in [6.07, 6.45) is 2.37. The Labute approximate surface area is 119 Å². The van der Waals surface area contributed by atoms with Gasteiger partial charge in [0.05, 0.1) is 0 Å². The highest BCUT2D eigenvalue weighted by Crippen LogP contribution is 2.05. The molecule has 0 amide bonds. The van der Waals surface area contributed by atoms with Crippen molar-refractivity contribution in [1.82, 2.24) is 10.6 Å². The van der Waals surface area contributed by atoms with E-state index in [4.69, 9.17) is 0 Å². The predicted molar refractivity (Wildman–Crippen MR) is 84.7 cm³/mol. The monoisotopic (exact) mass is 262 g/mol. The molecular formula is C17H30N2. The second kappa shape index (κ2) is 9.11. The Hall–Kier alpha value is -0.860. The van der Waals surface area contributed by atoms with Gasteiger partial charge >= 0.3 is 0 Å². The minimum Gasteiger partial charge on any atom is -0.315 e. The molecule has 0 aromatic heterocycles. The Kier molecular flexibility index (Phi) is 7.76. The van der Waals surface area contributed by atoms with Gasteiger partial charge in [0.15, 0.2) is 0 Å². The van der Waals surface area contributed by atoms with Crippen molar-refractivity contribution in [2.75, 3.05) is 19.6 Å². The first kappa shape index (κ1) is 16.2. The zero-order chi connectivity index (χ0) is 14.1. The molecule has 1 rings (SSSR count). The molecule has 0 radical (unpaired) electrons. The van der Waals surface area contributed by atoms with Crippen LogP contribution in [-0.4, -0.2) is 25.7 Å². The molecular weight excluding hydrogens is 232 g/mol. The van der Waals surface area contributed by atoms with Crippen LogP contribution in [0, 0.1) is 12.8 Å². The quantitative estimate of drug-likeness (QED) is 0.668. The van der Waals surface area contributed by atoms with Crippen molar-refractivity contribution in [2.45, 2.75) is 46.6 Å². The van der Waals surface area contributed by atoms with Crippen molar-refractivity contribution in [3.63, 3.8) is 0 Å². The van der Waals surface area contributed by atoms with E-state index in [1.165, 1.54) is 24.0 Å². The Morgan fingerprint density at radius 3 is 2.32 bits per heavy atom. The molecule has 0 aliphatic carbocycles. The molecule has 0 aliphatic rings. The molecule has 2 nitrogen and oxygen atoms in total. The number of nitrogens with one attached hydrogen (secondary N) is 2. The van der Waals surface area contributed by atoms with Gasteiger partial charge in [-0.3, -0.25) is 0 Å². The Balaban J connectivity index is 2.05. The molecule has 1 atom stereocenters. The van der Waals surface area contributed by atoms with E-state index < -0.39 is 0 Å². The summed E-state index contributed by atoms with van der Waals surface area (Å²) in [6.45, 7) is 12.1. The zero-order valence-electron chi connectivity index (χ0n) is 13.0. The molecule has 0 heterocycles. The summed E-state index contributed by atoms with van der Waals surface area (Å²) in [6, 6.07) is 9.42. The standard InChI is InChI=1S/C17H30N2/c1-14(2)12-18-13-16(4)19-11-5-6-17-9-7-15(3)8-10-17/h7-10,14,16,18-19H,5-6,11-13H2,1-4H3. The average molecular weight is 262 g/mol. The van der Waals surface area contributed by atoms with Crippen molar-refractivity contribution < 1.29 is 0 Å². The summed E-state index contributed by atoms with van der Waals surface area (Å²) in [7, 11) is 0. The van der Waals surface area contributed by atoms with Gasteiger partial charge in [-0.1, -0.05) is 43.7 Å². The lowest BCUT2D eigenvalue weighted by Gasteiger charge is -2.15. The topological polar surface area (TPSA) is 24.1 Å². The van der Waals surface area contributed by atoms with Crippen LogP contribution in [0.2, 0.25) is 0 Å². The second-order valence-electron chi connectivity index (χ2n) is 6.00. The number of hydrogen-bond acceptors (Lipinski definition) is 2. The van der Waals surface area contributed by atoms with Crippen LogP contribution in [-0.2, 0) is 6.42 Å². The number of benzene rings is 1. The largest absolute Gasteiger partial charge is 0.315 e. The lowest BCUT2D eigenvalue weighted by Crippen LogP contribution is -2.38. The molecule has 2 N–H and O–H groups in total. The van der Waals surface area contributed by atoms with Crippen LogP contribution in [0.5, 0.6) is 0 Å². The molecule has 0 aliphatic heterocycles. The van der Waals surface area contributed by atoms with Crippen molar-refractivity contribution in [2.24, 2.45) is 5.92 Å². The Morgan fingerprint density at radius 1 is 1.00 bits per heavy atom. The molecule has 0 spiro atoms. The first-order valence-corrected chi connectivity index (χ1v) is 7.57. The van der Waals surface area contributed by atoms with Crippen molar-refractivity contribution in [1.29, 1.82) is 0 Å². The van der Waals surface area contributed by atoms with E-state index in [1.54, 1.807) is 0 Å². The smallest absolute Gasteiger partial charge is 0.0164 e. The molecule has 1 unspecified atom stereocenters. The normalized spacial score (nSPS) is 12.9. The zero-order valence-corrected chi connectivity index (χ0v) is 13.0. The maximum atomic E-state index is 3.58. The van der Waals surface area contributed by atoms with Crippen molar-refractivity contribution in [3.8, 4) is 0 Å². The predicted octanol–water partition coefficient (Wildman–Crippen LogP) is 3.15. The van der Waals surface area contributed by atoms with Gasteiger partial charge in [0.25, 0.3) is 0 Å². The lowest BCUT2D eigenvalue weighted by atomic mass is 10.1. The van der Waals surface area contributed by atoms with Gasteiger partial charge in [-0.05, 0) is 51.3 Å². The van der Waals surface area contributed by atoms with Crippen LogP contribution in [0.3, 0.4) is 0 Å².